The molecule has 0 bridgehead atoms. The second-order valence-electron chi connectivity index (χ2n) is 4.89. The fourth-order valence-electron chi connectivity index (χ4n) is 2.09. The SMILES string of the molecule is Cc1cc(=O)c(C(=O)NC[C@H](C)n2ccnc2)c(C)[nH]1. The summed E-state index contributed by atoms with van der Waals surface area (Å²) in [6, 6.07) is 1.51. The van der Waals surface area contributed by atoms with Crippen LogP contribution < -0.4 is 10.7 Å². The standard InChI is InChI=1S/C14H18N4O2/c1-9-6-12(19)13(11(3)17-9)14(20)16-7-10(2)18-5-4-15-8-18/h4-6,8,10H,7H2,1-3H3,(H,16,20)(H,17,19)/t10-/m0/s1. The maximum Gasteiger partial charge on any atom is 0.257 e. The molecule has 0 saturated heterocycles. The van der Waals surface area contributed by atoms with Crippen molar-refractivity contribution in [2.24, 2.45) is 0 Å². The van der Waals surface area contributed by atoms with E-state index in [1.165, 1.54) is 6.07 Å². The molecule has 0 aromatic carbocycles. The lowest BCUT2D eigenvalue weighted by molar-refractivity contribution is 0.0946. The monoisotopic (exact) mass is 274 g/mol. The highest BCUT2D eigenvalue weighted by atomic mass is 16.2. The van der Waals surface area contributed by atoms with Crippen molar-refractivity contribution in [1.29, 1.82) is 0 Å². The Kier molecular flexibility index (Phi) is 4.02. The number of carbonyl (C=O) groups is 1. The number of pyridine rings is 1. The molecule has 0 spiro atoms. The van der Waals surface area contributed by atoms with E-state index in [1.807, 2.05) is 17.7 Å². The van der Waals surface area contributed by atoms with Crippen LogP contribution in [-0.2, 0) is 0 Å². The van der Waals surface area contributed by atoms with Crippen molar-refractivity contribution < 1.29 is 4.79 Å². The van der Waals surface area contributed by atoms with E-state index in [1.54, 1.807) is 26.4 Å². The fraction of sp³-hybridized carbons (Fsp3) is 0.357. The molecular formula is C14H18N4O2. The van der Waals surface area contributed by atoms with Gasteiger partial charge in [0, 0.05) is 42.4 Å². The molecule has 2 rings (SSSR count). The summed E-state index contributed by atoms with van der Waals surface area (Å²) < 4.78 is 1.90. The van der Waals surface area contributed by atoms with Crippen LogP contribution in [0.4, 0.5) is 0 Å². The third-order valence-electron chi connectivity index (χ3n) is 3.17. The summed E-state index contributed by atoms with van der Waals surface area (Å²) >= 11 is 0. The van der Waals surface area contributed by atoms with E-state index in [2.05, 4.69) is 15.3 Å². The Hall–Kier alpha value is -2.37. The maximum absolute atomic E-state index is 12.1. The highest BCUT2D eigenvalue weighted by Gasteiger charge is 2.15. The minimum Gasteiger partial charge on any atom is -0.362 e. The molecule has 2 heterocycles. The lowest BCUT2D eigenvalue weighted by Gasteiger charge is -2.14. The molecule has 6 nitrogen and oxygen atoms in total. The molecule has 0 aliphatic rings. The van der Waals surface area contributed by atoms with Crippen molar-refractivity contribution >= 4 is 5.91 Å². The highest BCUT2D eigenvalue weighted by Crippen LogP contribution is 2.04. The smallest absolute Gasteiger partial charge is 0.257 e. The molecule has 2 aromatic rings. The first kappa shape index (κ1) is 14.0. The van der Waals surface area contributed by atoms with E-state index < -0.39 is 0 Å². The van der Waals surface area contributed by atoms with Crippen molar-refractivity contribution in [3.63, 3.8) is 0 Å². The molecule has 2 N–H and O–H groups in total. The van der Waals surface area contributed by atoms with Gasteiger partial charge in [0.05, 0.1) is 6.33 Å². The van der Waals surface area contributed by atoms with Crippen LogP contribution in [0.3, 0.4) is 0 Å². The predicted molar refractivity (Wildman–Crippen MR) is 75.8 cm³/mol. The number of imidazole rings is 1. The van der Waals surface area contributed by atoms with Gasteiger partial charge in [0.2, 0.25) is 0 Å². The van der Waals surface area contributed by atoms with E-state index in [0.29, 0.717) is 12.2 Å². The van der Waals surface area contributed by atoms with Crippen molar-refractivity contribution in [3.8, 4) is 0 Å². The molecule has 0 unspecified atom stereocenters. The Bertz CT molecular complexity index is 658. The summed E-state index contributed by atoms with van der Waals surface area (Å²) in [5.74, 6) is -0.351. The zero-order valence-corrected chi connectivity index (χ0v) is 11.8. The molecule has 20 heavy (non-hydrogen) atoms. The van der Waals surface area contributed by atoms with Gasteiger partial charge in [0.25, 0.3) is 5.91 Å². The summed E-state index contributed by atoms with van der Waals surface area (Å²) in [6.45, 7) is 5.91. The van der Waals surface area contributed by atoms with Gasteiger partial charge < -0.3 is 14.9 Å². The van der Waals surface area contributed by atoms with Gasteiger partial charge in [0.1, 0.15) is 5.56 Å². The molecule has 6 heteroatoms. The van der Waals surface area contributed by atoms with Crippen molar-refractivity contribution in [1.82, 2.24) is 19.9 Å². The third kappa shape index (κ3) is 2.96. The Balaban J connectivity index is 2.08. The second-order valence-corrected chi connectivity index (χ2v) is 4.89. The van der Waals surface area contributed by atoms with Gasteiger partial charge >= 0.3 is 0 Å². The van der Waals surface area contributed by atoms with Gasteiger partial charge in [-0.3, -0.25) is 9.59 Å². The number of nitrogens with one attached hydrogen (secondary N) is 2. The number of hydrogen-bond acceptors (Lipinski definition) is 3. The minimum absolute atomic E-state index is 0.0753. The first-order valence-corrected chi connectivity index (χ1v) is 6.45. The molecule has 0 saturated carbocycles. The van der Waals surface area contributed by atoms with Crippen LogP contribution >= 0.6 is 0 Å². The molecule has 2 aromatic heterocycles. The Morgan fingerprint density at radius 2 is 2.25 bits per heavy atom. The lowest BCUT2D eigenvalue weighted by atomic mass is 10.1. The summed E-state index contributed by atoms with van der Waals surface area (Å²) in [4.78, 5) is 31.0. The number of aryl methyl sites for hydroxylation is 2. The van der Waals surface area contributed by atoms with Gasteiger partial charge in [-0.25, -0.2) is 4.98 Å². The van der Waals surface area contributed by atoms with Crippen LogP contribution in [0, 0.1) is 13.8 Å². The molecule has 0 radical (unpaired) electrons. The van der Waals surface area contributed by atoms with E-state index in [0.717, 1.165) is 5.69 Å². The van der Waals surface area contributed by atoms with Gasteiger partial charge in [-0.05, 0) is 20.8 Å². The highest BCUT2D eigenvalue weighted by molar-refractivity contribution is 5.95. The number of aromatic amines is 1. The largest absolute Gasteiger partial charge is 0.362 e. The van der Waals surface area contributed by atoms with E-state index in [4.69, 9.17) is 0 Å². The fourth-order valence-corrected chi connectivity index (χ4v) is 2.09. The molecule has 1 atom stereocenters. The van der Waals surface area contributed by atoms with Crippen LogP contribution in [0.2, 0.25) is 0 Å². The van der Waals surface area contributed by atoms with Gasteiger partial charge in [-0.2, -0.15) is 0 Å². The molecule has 0 aliphatic heterocycles. The first-order valence-electron chi connectivity index (χ1n) is 6.45. The Morgan fingerprint density at radius 3 is 2.85 bits per heavy atom. The minimum atomic E-state index is -0.351. The number of hydrogen-bond donors (Lipinski definition) is 2. The summed E-state index contributed by atoms with van der Waals surface area (Å²) in [7, 11) is 0. The number of nitrogens with zero attached hydrogens (tertiary/aromatic N) is 2. The molecule has 106 valence electrons. The number of amides is 1. The third-order valence-corrected chi connectivity index (χ3v) is 3.17. The first-order chi connectivity index (χ1) is 9.49. The van der Waals surface area contributed by atoms with Crippen LogP contribution in [0.5, 0.6) is 0 Å². The average Bonchev–Trinajstić information content (AvgIpc) is 2.88. The molecule has 0 fully saturated rings. The van der Waals surface area contributed by atoms with Crippen LogP contribution in [0.1, 0.15) is 34.7 Å². The van der Waals surface area contributed by atoms with Gasteiger partial charge in [-0.1, -0.05) is 0 Å². The summed E-state index contributed by atoms with van der Waals surface area (Å²) in [6.07, 6.45) is 5.22. The number of carbonyl (C=O) groups excluding carboxylic acids is 1. The zero-order valence-electron chi connectivity index (χ0n) is 11.8. The molecular weight excluding hydrogens is 256 g/mol. The topological polar surface area (TPSA) is 79.8 Å². The quantitative estimate of drug-likeness (QED) is 0.878. The van der Waals surface area contributed by atoms with E-state index in [9.17, 15) is 9.59 Å². The van der Waals surface area contributed by atoms with E-state index in [-0.39, 0.29) is 22.9 Å². The zero-order chi connectivity index (χ0) is 14.7. The van der Waals surface area contributed by atoms with Gasteiger partial charge in [-0.15, -0.1) is 0 Å². The van der Waals surface area contributed by atoms with Crippen molar-refractivity contribution in [3.05, 3.63) is 52.0 Å². The average molecular weight is 274 g/mol. The predicted octanol–water partition coefficient (Wildman–Crippen LogP) is 1.18. The number of aromatic nitrogens is 3. The maximum atomic E-state index is 12.1. The summed E-state index contributed by atoms with van der Waals surface area (Å²) in [5.41, 5.74) is 1.25. The van der Waals surface area contributed by atoms with Crippen LogP contribution in [-0.4, -0.2) is 27.0 Å². The summed E-state index contributed by atoms with van der Waals surface area (Å²) in [5, 5.41) is 2.78. The second kappa shape index (κ2) is 5.73. The number of H-pyrrole nitrogens is 1. The lowest BCUT2D eigenvalue weighted by Crippen LogP contribution is -2.33. The van der Waals surface area contributed by atoms with Gasteiger partial charge in [0.15, 0.2) is 5.43 Å². The number of rotatable bonds is 4. The molecule has 0 aliphatic carbocycles. The van der Waals surface area contributed by atoms with Crippen molar-refractivity contribution in [2.45, 2.75) is 26.8 Å². The van der Waals surface area contributed by atoms with Crippen LogP contribution in [0.25, 0.3) is 0 Å². The van der Waals surface area contributed by atoms with Crippen LogP contribution in [0.15, 0.2) is 29.6 Å². The molecule has 1 amide bonds. The normalized spacial score (nSPS) is 12.2. The van der Waals surface area contributed by atoms with Crippen molar-refractivity contribution in [2.75, 3.05) is 6.54 Å². The Labute approximate surface area is 116 Å². The Morgan fingerprint density at radius 1 is 1.50 bits per heavy atom. The van der Waals surface area contributed by atoms with E-state index >= 15 is 0 Å².